The van der Waals surface area contributed by atoms with E-state index in [1.54, 1.807) is 12.3 Å². The van der Waals surface area contributed by atoms with E-state index in [0.29, 0.717) is 16.8 Å². The zero-order valence-corrected chi connectivity index (χ0v) is 10.3. The zero-order chi connectivity index (χ0) is 11.6. The van der Waals surface area contributed by atoms with E-state index < -0.39 is 0 Å². The van der Waals surface area contributed by atoms with Gasteiger partial charge in [0.1, 0.15) is 5.82 Å². The van der Waals surface area contributed by atoms with Crippen LogP contribution < -0.4 is 11.1 Å². The SMILES string of the molecule is Nc1cnc(NC2C3C4CCC(C4)C23)c(Cl)c1. The van der Waals surface area contributed by atoms with Crippen LogP contribution in [0.4, 0.5) is 11.5 Å². The fourth-order valence-electron chi connectivity index (χ4n) is 4.24. The Morgan fingerprint density at radius 3 is 2.65 bits per heavy atom. The molecule has 0 spiro atoms. The minimum absolute atomic E-state index is 0.620. The summed E-state index contributed by atoms with van der Waals surface area (Å²) in [6.07, 6.45) is 6.01. The largest absolute Gasteiger partial charge is 0.397 e. The molecule has 17 heavy (non-hydrogen) atoms. The molecular formula is C13H16ClN3. The molecule has 3 aliphatic carbocycles. The fraction of sp³-hybridized carbons (Fsp3) is 0.615. The van der Waals surface area contributed by atoms with Crippen LogP contribution in [0.2, 0.25) is 5.02 Å². The molecule has 3 nitrogen and oxygen atoms in total. The molecule has 1 aromatic heterocycles. The van der Waals surface area contributed by atoms with Crippen molar-refractivity contribution in [1.29, 1.82) is 0 Å². The van der Waals surface area contributed by atoms with Crippen molar-refractivity contribution < 1.29 is 0 Å². The van der Waals surface area contributed by atoms with Crippen molar-refractivity contribution in [1.82, 2.24) is 4.98 Å². The molecule has 3 aliphatic rings. The van der Waals surface area contributed by atoms with E-state index in [1.165, 1.54) is 19.3 Å². The smallest absolute Gasteiger partial charge is 0.145 e. The lowest BCUT2D eigenvalue weighted by Crippen LogP contribution is -2.14. The zero-order valence-electron chi connectivity index (χ0n) is 9.57. The molecule has 0 aliphatic heterocycles. The summed E-state index contributed by atoms with van der Waals surface area (Å²) in [5.74, 6) is 4.53. The van der Waals surface area contributed by atoms with Crippen molar-refractivity contribution in [2.45, 2.75) is 25.3 Å². The average molecular weight is 250 g/mol. The monoisotopic (exact) mass is 249 g/mol. The Labute approximate surface area is 106 Å². The molecule has 1 aromatic rings. The van der Waals surface area contributed by atoms with E-state index in [2.05, 4.69) is 10.3 Å². The van der Waals surface area contributed by atoms with Crippen molar-refractivity contribution >= 4 is 23.1 Å². The van der Waals surface area contributed by atoms with E-state index in [4.69, 9.17) is 17.3 Å². The van der Waals surface area contributed by atoms with Crippen LogP contribution in [0.1, 0.15) is 19.3 Å². The first kappa shape index (κ1) is 10.0. The first-order chi connectivity index (χ1) is 8.24. The van der Waals surface area contributed by atoms with Gasteiger partial charge in [0, 0.05) is 6.04 Å². The van der Waals surface area contributed by atoms with Crippen LogP contribution in [0, 0.1) is 23.7 Å². The first-order valence-electron chi connectivity index (χ1n) is 6.41. The first-order valence-corrected chi connectivity index (χ1v) is 6.79. The maximum absolute atomic E-state index is 6.14. The Morgan fingerprint density at radius 1 is 1.29 bits per heavy atom. The fourth-order valence-corrected chi connectivity index (χ4v) is 4.46. The summed E-state index contributed by atoms with van der Waals surface area (Å²) in [5, 5.41) is 4.16. The predicted octanol–water partition coefficient (Wildman–Crippen LogP) is 2.77. The lowest BCUT2D eigenvalue weighted by atomic mass is 10.0. The second-order valence-corrected chi connectivity index (χ2v) is 6.16. The van der Waals surface area contributed by atoms with Crippen molar-refractivity contribution in [2.24, 2.45) is 23.7 Å². The number of nitrogens with two attached hydrogens (primary N) is 1. The molecule has 4 unspecified atom stereocenters. The standard InChI is InChI=1S/C13H16ClN3/c14-9-4-8(15)5-16-13(9)17-12-10-6-1-2-7(3-6)11(10)12/h4-7,10-12H,1-3,15H2,(H,16,17). The van der Waals surface area contributed by atoms with Gasteiger partial charge >= 0.3 is 0 Å². The van der Waals surface area contributed by atoms with Crippen LogP contribution in [0.5, 0.6) is 0 Å². The summed E-state index contributed by atoms with van der Waals surface area (Å²) in [5.41, 5.74) is 6.27. The quantitative estimate of drug-likeness (QED) is 0.848. The molecule has 90 valence electrons. The van der Waals surface area contributed by atoms with E-state index in [9.17, 15) is 0 Å². The number of anilines is 2. The normalized spacial score (nSPS) is 41.4. The highest BCUT2D eigenvalue weighted by atomic mass is 35.5. The van der Waals surface area contributed by atoms with Gasteiger partial charge in [0.2, 0.25) is 0 Å². The summed E-state index contributed by atoms with van der Waals surface area (Å²) in [6.45, 7) is 0. The van der Waals surface area contributed by atoms with Gasteiger partial charge in [0.05, 0.1) is 16.9 Å². The lowest BCUT2D eigenvalue weighted by molar-refractivity contribution is 0.456. The van der Waals surface area contributed by atoms with Gasteiger partial charge in [0.15, 0.2) is 0 Å². The molecule has 3 saturated carbocycles. The molecule has 0 aromatic carbocycles. The van der Waals surface area contributed by atoms with Crippen LogP contribution >= 0.6 is 11.6 Å². The minimum atomic E-state index is 0.620. The average Bonchev–Trinajstić information content (AvgIpc) is 2.70. The van der Waals surface area contributed by atoms with Gasteiger partial charge in [-0.05, 0) is 49.0 Å². The highest BCUT2D eigenvalue weighted by Gasteiger charge is 2.65. The second-order valence-electron chi connectivity index (χ2n) is 5.76. The Hall–Kier alpha value is -0.960. The molecular weight excluding hydrogens is 234 g/mol. The van der Waals surface area contributed by atoms with Gasteiger partial charge in [-0.2, -0.15) is 0 Å². The van der Waals surface area contributed by atoms with Gasteiger partial charge in [0.25, 0.3) is 0 Å². The molecule has 4 atom stereocenters. The van der Waals surface area contributed by atoms with Crippen molar-refractivity contribution in [3.05, 3.63) is 17.3 Å². The summed E-state index contributed by atoms with van der Waals surface area (Å²) < 4.78 is 0. The van der Waals surface area contributed by atoms with E-state index in [0.717, 1.165) is 29.5 Å². The Kier molecular flexibility index (Phi) is 1.93. The van der Waals surface area contributed by atoms with Crippen molar-refractivity contribution in [2.75, 3.05) is 11.1 Å². The summed E-state index contributed by atoms with van der Waals surface area (Å²) >= 11 is 6.14. The molecule has 0 radical (unpaired) electrons. The second kappa shape index (κ2) is 3.29. The summed E-state index contributed by atoms with van der Waals surface area (Å²) in [6, 6.07) is 2.39. The molecule has 2 bridgehead atoms. The third-order valence-corrected chi connectivity index (χ3v) is 5.19. The highest BCUT2D eigenvalue weighted by molar-refractivity contribution is 6.33. The number of nitrogen functional groups attached to an aromatic ring is 1. The number of nitrogens with one attached hydrogen (secondary N) is 1. The number of hydrogen-bond donors (Lipinski definition) is 2. The highest BCUT2D eigenvalue weighted by Crippen LogP contribution is 2.66. The van der Waals surface area contributed by atoms with Gasteiger partial charge < -0.3 is 11.1 Å². The number of fused-ring (bicyclic) bond motifs is 5. The van der Waals surface area contributed by atoms with Crippen molar-refractivity contribution in [3.63, 3.8) is 0 Å². The number of pyridine rings is 1. The minimum Gasteiger partial charge on any atom is -0.397 e. The molecule has 3 fully saturated rings. The maximum atomic E-state index is 6.14. The van der Waals surface area contributed by atoms with E-state index in [-0.39, 0.29) is 0 Å². The van der Waals surface area contributed by atoms with E-state index >= 15 is 0 Å². The number of rotatable bonds is 2. The van der Waals surface area contributed by atoms with Crippen LogP contribution in [-0.4, -0.2) is 11.0 Å². The Bertz CT molecular complexity index is 460. The lowest BCUT2D eigenvalue weighted by Gasteiger charge is -2.12. The molecule has 1 heterocycles. The van der Waals surface area contributed by atoms with E-state index in [1.807, 2.05) is 0 Å². The number of aromatic nitrogens is 1. The van der Waals surface area contributed by atoms with Crippen molar-refractivity contribution in [3.8, 4) is 0 Å². The number of hydrogen-bond acceptors (Lipinski definition) is 3. The van der Waals surface area contributed by atoms with Gasteiger partial charge in [-0.3, -0.25) is 0 Å². The Morgan fingerprint density at radius 2 is 2.00 bits per heavy atom. The summed E-state index contributed by atoms with van der Waals surface area (Å²) in [4.78, 5) is 4.29. The van der Waals surface area contributed by atoms with Crippen LogP contribution in [0.3, 0.4) is 0 Å². The van der Waals surface area contributed by atoms with Gasteiger partial charge in [-0.1, -0.05) is 11.6 Å². The molecule has 4 rings (SSSR count). The van der Waals surface area contributed by atoms with Gasteiger partial charge in [-0.25, -0.2) is 4.98 Å². The summed E-state index contributed by atoms with van der Waals surface area (Å²) in [7, 11) is 0. The number of nitrogens with zero attached hydrogens (tertiary/aromatic N) is 1. The molecule has 3 N–H and O–H groups in total. The molecule has 0 amide bonds. The third kappa shape index (κ3) is 1.38. The molecule has 4 heteroatoms. The van der Waals surface area contributed by atoms with Gasteiger partial charge in [-0.15, -0.1) is 0 Å². The maximum Gasteiger partial charge on any atom is 0.145 e. The third-order valence-electron chi connectivity index (χ3n) is 4.90. The van der Waals surface area contributed by atoms with Crippen LogP contribution in [0.25, 0.3) is 0 Å². The predicted molar refractivity (Wildman–Crippen MR) is 68.9 cm³/mol. The number of halogens is 1. The Balaban J connectivity index is 1.52. The topological polar surface area (TPSA) is 50.9 Å². The molecule has 0 saturated heterocycles. The van der Waals surface area contributed by atoms with Crippen LogP contribution in [0.15, 0.2) is 12.3 Å². The van der Waals surface area contributed by atoms with Crippen LogP contribution in [-0.2, 0) is 0 Å².